The lowest BCUT2D eigenvalue weighted by molar-refractivity contribution is 0.177. The Morgan fingerprint density at radius 3 is 2.95 bits per heavy atom. The van der Waals surface area contributed by atoms with Crippen LogP contribution in [0.2, 0.25) is 0 Å². The van der Waals surface area contributed by atoms with Crippen molar-refractivity contribution >= 4 is 10.9 Å². The number of aliphatic hydroxyl groups is 1. The predicted molar refractivity (Wildman–Crippen MR) is 90.0 cm³/mol. The first kappa shape index (κ1) is 14.0. The van der Waals surface area contributed by atoms with Gasteiger partial charge in [-0.3, -0.25) is 4.90 Å². The maximum absolute atomic E-state index is 9.38. The van der Waals surface area contributed by atoms with Gasteiger partial charge in [-0.15, -0.1) is 0 Å². The third kappa shape index (κ3) is 2.11. The minimum Gasteiger partial charge on any atom is -0.396 e. The van der Waals surface area contributed by atoms with Crippen LogP contribution >= 0.6 is 0 Å². The van der Waals surface area contributed by atoms with Crippen molar-refractivity contribution in [2.75, 3.05) is 19.7 Å². The summed E-state index contributed by atoms with van der Waals surface area (Å²) in [5, 5.41) is 10.8. The molecule has 0 radical (unpaired) electrons. The van der Waals surface area contributed by atoms with E-state index < -0.39 is 0 Å². The Labute approximate surface area is 131 Å². The molecule has 2 aromatic rings. The Bertz CT molecular complexity index is 728. The van der Waals surface area contributed by atoms with E-state index in [1.54, 1.807) is 5.57 Å². The number of rotatable bonds is 3. The molecule has 0 bridgehead atoms. The van der Waals surface area contributed by atoms with Gasteiger partial charge in [-0.05, 0) is 37.3 Å². The Balaban J connectivity index is 1.76. The van der Waals surface area contributed by atoms with Gasteiger partial charge in [-0.25, -0.2) is 0 Å². The standard InChI is InChI=1S/C19H24N2O/c1-2-13-12-21-9-7-16-15-5-3-4-6-17(15)20-19(16)18(21)11-14(13)8-10-22/h3-6,18,20,22H,2,7-12H2,1H3. The number of hydrogen-bond acceptors (Lipinski definition) is 2. The lowest BCUT2D eigenvalue weighted by atomic mass is 9.85. The first-order valence-corrected chi connectivity index (χ1v) is 8.46. The molecule has 1 unspecified atom stereocenters. The Morgan fingerprint density at radius 2 is 2.14 bits per heavy atom. The van der Waals surface area contributed by atoms with Crippen molar-refractivity contribution < 1.29 is 5.11 Å². The molecule has 0 fully saturated rings. The van der Waals surface area contributed by atoms with Crippen LogP contribution in [0, 0.1) is 0 Å². The lowest BCUT2D eigenvalue weighted by Crippen LogP contribution is -2.40. The highest BCUT2D eigenvalue weighted by Gasteiger charge is 2.34. The molecule has 1 atom stereocenters. The molecule has 116 valence electrons. The molecule has 3 heteroatoms. The van der Waals surface area contributed by atoms with E-state index in [2.05, 4.69) is 41.1 Å². The van der Waals surface area contributed by atoms with E-state index in [0.29, 0.717) is 6.04 Å². The smallest absolute Gasteiger partial charge is 0.0542 e. The highest BCUT2D eigenvalue weighted by Crippen LogP contribution is 2.42. The number of aliphatic hydroxyl groups excluding tert-OH is 1. The summed E-state index contributed by atoms with van der Waals surface area (Å²) in [6.07, 6.45) is 4.16. The molecule has 3 nitrogen and oxygen atoms in total. The highest BCUT2D eigenvalue weighted by atomic mass is 16.2. The Kier molecular flexibility index (Phi) is 3.55. The third-order valence-electron chi connectivity index (χ3n) is 5.44. The van der Waals surface area contributed by atoms with Crippen LogP contribution in [-0.4, -0.2) is 34.7 Å². The maximum atomic E-state index is 9.38. The second kappa shape index (κ2) is 5.56. The average molecular weight is 296 g/mol. The van der Waals surface area contributed by atoms with Crippen molar-refractivity contribution in [1.29, 1.82) is 0 Å². The summed E-state index contributed by atoms with van der Waals surface area (Å²) in [7, 11) is 0. The van der Waals surface area contributed by atoms with Crippen LogP contribution in [0.15, 0.2) is 35.4 Å². The van der Waals surface area contributed by atoms with Crippen molar-refractivity contribution in [1.82, 2.24) is 9.88 Å². The number of hydrogen-bond donors (Lipinski definition) is 2. The number of H-pyrrole nitrogens is 1. The molecule has 2 aliphatic rings. The van der Waals surface area contributed by atoms with Gasteiger partial charge < -0.3 is 10.1 Å². The summed E-state index contributed by atoms with van der Waals surface area (Å²) in [5.41, 5.74) is 7.23. The molecule has 2 N–H and O–H groups in total. The molecular weight excluding hydrogens is 272 g/mol. The van der Waals surface area contributed by atoms with Crippen LogP contribution in [0.5, 0.6) is 0 Å². The van der Waals surface area contributed by atoms with Crippen molar-refractivity contribution in [3.63, 3.8) is 0 Å². The van der Waals surface area contributed by atoms with Crippen molar-refractivity contribution in [3.05, 3.63) is 46.7 Å². The van der Waals surface area contributed by atoms with Gasteiger partial charge in [0.25, 0.3) is 0 Å². The summed E-state index contributed by atoms with van der Waals surface area (Å²) < 4.78 is 0. The summed E-state index contributed by atoms with van der Waals surface area (Å²) in [6.45, 7) is 4.73. The van der Waals surface area contributed by atoms with Crippen LogP contribution in [0.25, 0.3) is 10.9 Å². The van der Waals surface area contributed by atoms with Gasteiger partial charge in [0.05, 0.1) is 6.04 Å². The van der Waals surface area contributed by atoms with Crippen LogP contribution in [-0.2, 0) is 6.42 Å². The molecule has 0 aliphatic carbocycles. The first-order valence-electron chi connectivity index (χ1n) is 8.46. The minimum absolute atomic E-state index is 0.269. The lowest BCUT2D eigenvalue weighted by Gasteiger charge is -2.41. The number of nitrogens with one attached hydrogen (secondary N) is 1. The van der Waals surface area contributed by atoms with Crippen LogP contribution < -0.4 is 0 Å². The Morgan fingerprint density at radius 1 is 1.27 bits per heavy atom. The number of aromatic nitrogens is 1. The molecule has 0 amide bonds. The van der Waals surface area contributed by atoms with E-state index in [0.717, 1.165) is 38.8 Å². The molecule has 3 heterocycles. The second-order valence-electron chi connectivity index (χ2n) is 6.54. The van der Waals surface area contributed by atoms with E-state index in [-0.39, 0.29) is 6.61 Å². The fraction of sp³-hybridized carbons (Fsp3) is 0.474. The monoisotopic (exact) mass is 296 g/mol. The predicted octanol–water partition coefficient (Wildman–Crippen LogP) is 3.56. The molecule has 22 heavy (non-hydrogen) atoms. The highest BCUT2D eigenvalue weighted by molar-refractivity contribution is 5.85. The van der Waals surface area contributed by atoms with E-state index in [1.807, 2.05) is 0 Å². The second-order valence-corrected chi connectivity index (χ2v) is 6.54. The number of benzene rings is 1. The largest absolute Gasteiger partial charge is 0.396 e. The summed E-state index contributed by atoms with van der Waals surface area (Å²) in [5.74, 6) is 0. The number of aromatic amines is 1. The normalized spacial score (nSPS) is 22.0. The number of nitrogens with zero attached hydrogens (tertiary/aromatic N) is 1. The fourth-order valence-electron chi connectivity index (χ4n) is 4.30. The van der Waals surface area contributed by atoms with Gasteiger partial charge >= 0.3 is 0 Å². The van der Waals surface area contributed by atoms with Gasteiger partial charge in [0.15, 0.2) is 0 Å². The van der Waals surface area contributed by atoms with Crippen molar-refractivity contribution in [2.45, 2.75) is 38.6 Å². The summed E-state index contributed by atoms with van der Waals surface area (Å²) in [4.78, 5) is 6.31. The molecular formula is C19H24N2O. The molecule has 0 saturated heterocycles. The summed E-state index contributed by atoms with van der Waals surface area (Å²) in [6, 6.07) is 9.13. The zero-order valence-corrected chi connectivity index (χ0v) is 13.2. The molecule has 4 rings (SSSR count). The van der Waals surface area contributed by atoms with Gasteiger partial charge in [-0.2, -0.15) is 0 Å². The first-order chi connectivity index (χ1) is 10.8. The van der Waals surface area contributed by atoms with Crippen LogP contribution in [0.1, 0.15) is 43.5 Å². The average Bonchev–Trinajstić information content (AvgIpc) is 2.93. The zero-order valence-electron chi connectivity index (χ0n) is 13.2. The SMILES string of the molecule is CCC1=C(CCO)CC2c3[nH]c4ccccc4c3CCN2C1. The molecule has 1 aromatic heterocycles. The topological polar surface area (TPSA) is 39.3 Å². The number of fused-ring (bicyclic) bond motifs is 5. The molecule has 0 spiro atoms. The molecule has 1 aromatic carbocycles. The summed E-state index contributed by atoms with van der Waals surface area (Å²) >= 11 is 0. The minimum atomic E-state index is 0.269. The van der Waals surface area contributed by atoms with Gasteiger partial charge in [-0.1, -0.05) is 36.3 Å². The van der Waals surface area contributed by atoms with Gasteiger partial charge in [0, 0.05) is 36.3 Å². The number of para-hydroxylation sites is 1. The van der Waals surface area contributed by atoms with Crippen molar-refractivity contribution in [3.8, 4) is 0 Å². The van der Waals surface area contributed by atoms with Gasteiger partial charge in [0.1, 0.15) is 0 Å². The van der Waals surface area contributed by atoms with E-state index in [9.17, 15) is 5.11 Å². The van der Waals surface area contributed by atoms with E-state index >= 15 is 0 Å². The van der Waals surface area contributed by atoms with E-state index in [1.165, 1.54) is 27.7 Å². The molecule has 2 aliphatic heterocycles. The fourth-order valence-corrected chi connectivity index (χ4v) is 4.30. The van der Waals surface area contributed by atoms with E-state index in [4.69, 9.17) is 0 Å². The zero-order chi connectivity index (χ0) is 15.1. The molecule has 0 saturated carbocycles. The van der Waals surface area contributed by atoms with Crippen molar-refractivity contribution in [2.24, 2.45) is 0 Å². The van der Waals surface area contributed by atoms with Crippen LogP contribution in [0.3, 0.4) is 0 Å². The van der Waals surface area contributed by atoms with Gasteiger partial charge in [0.2, 0.25) is 0 Å². The maximum Gasteiger partial charge on any atom is 0.0542 e. The Hall–Kier alpha value is -1.58. The quantitative estimate of drug-likeness (QED) is 0.850. The third-order valence-corrected chi connectivity index (χ3v) is 5.44. The van der Waals surface area contributed by atoms with Crippen LogP contribution in [0.4, 0.5) is 0 Å².